The van der Waals surface area contributed by atoms with Crippen molar-refractivity contribution in [1.29, 1.82) is 0 Å². The van der Waals surface area contributed by atoms with E-state index in [9.17, 15) is 9.59 Å². The number of carbonyl (C=O) groups is 2. The quantitative estimate of drug-likeness (QED) is 0.830. The molecule has 2 rings (SSSR count). The summed E-state index contributed by atoms with van der Waals surface area (Å²) >= 11 is 5.95. The lowest BCUT2D eigenvalue weighted by molar-refractivity contribution is -0.140. The first-order chi connectivity index (χ1) is 8.06. The van der Waals surface area contributed by atoms with Gasteiger partial charge in [0.15, 0.2) is 11.5 Å². The topological polar surface area (TPSA) is 72.8 Å². The summed E-state index contributed by atoms with van der Waals surface area (Å²) in [5, 5.41) is 8.86. The number of aliphatic carboxylic acids is 1. The van der Waals surface area contributed by atoms with Crippen LogP contribution in [0.15, 0.2) is 12.1 Å². The molecule has 0 aromatic heterocycles. The molecule has 1 aliphatic heterocycles. The maximum Gasteiger partial charge on any atom is 0.310 e. The minimum Gasteiger partial charge on any atom is -0.481 e. The van der Waals surface area contributed by atoms with Gasteiger partial charge in [0.1, 0.15) is 12.2 Å². The number of fused-ring (bicyclic) bond motifs is 1. The zero-order chi connectivity index (χ0) is 12.4. The molecule has 17 heavy (non-hydrogen) atoms. The zero-order valence-corrected chi connectivity index (χ0v) is 9.49. The molecule has 1 N–H and O–H groups in total. The Morgan fingerprint density at radius 1 is 1.29 bits per heavy atom. The third-order valence-electron chi connectivity index (χ3n) is 2.28. The maximum atomic E-state index is 11.4. The molecule has 1 aromatic carbocycles. The molecule has 0 fully saturated rings. The molecule has 0 radical (unpaired) electrons. The number of ketones is 1. The van der Waals surface area contributed by atoms with Gasteiger partial charge in [0.25, 0.3) is 0 Å². The van der Waals surface area contributed by atoms with Crippen LogP contribution >= 0.6 is 11.6 Å². The third kappa shape index (κ3) is 2.68. The molecule has 0 atom stereocenters. The zero-order valence-electron chi connectivity index (χ0n) is 8.73. The summed E-state index contributed by atoms with van der Waals surface area (Å²) < 4.78 is 10.3. The standard InChI is InChI=1S/C11H9ClO5/c12-8-4-10-9(16-5-17-10)2-6(8)1-7(13)3-11(14)15/h2,4H,1,3,5H2,(H,14,15). The Morgan fingerprint density at radius 3 is 2.59 bits per heavy atom. The lowest BCUT2D eigenvalue weighted by atomic mass is 10.1. The first-order valence-electron chi connectivity index (χ1n) is 4.88. The lowest BCUT2D eigenvalue weighted by Crippen LogP contribution is -2.09. The number of carbonyl (C=O) groups excluding carboxylic acids is 1. The Balaban J connectivity index is 2.16. The summed E-state index contributed by atoms with van der Waals surface area (Å²) in [5.74, 6) is -0.498. The van der Waals surface area contributed by atoms with E-state index in [0.29, 0.717) is 22.1 Å². The summed E-state index contributed by atoms with van der Waals surface area (Å²) in [7, 11) is 0. The average molecular weight is 257 g/mol. The van der Waals surface area contributed by atoms with Gasteiger partial charge in [0.2, 0.25) is 6.79 Å². The number of benzene rings is 1. The van der Waals surface area contributed by atoms with Crippen LogP contribution in [0.25, 0.3) is 0 Å². The number of Topliss-reactive ketones (excluding diaryl/α,β-unsaturated/α-hetero) is 1. The second-order valence-corrected chi connectivity index (χ2v) is 3.99. The minimum atomic E-state index is -1.15. The highest BCUT2D eigenvalue weighted by Crippen LogP contribution is 2.36. The van der Waals surface area contributed by atoms with Crippen LogP contribution in [0, 0.1) is 0 Å². The van der Waals surface area contributed by atoms with Gasteiger partial charge in [-0.15, -0.1) is 0 Å². The van der Waals surface area contributed by atoms with E-state index in [4.69, 9.17) is 26.2 Å². The van der Waals surface area contributed by atoms with Crippen LogP contribution in [-0.2, 0) is 16.0 Å². The number of rotatable bonds is 4. The predicted octanol–water partition coefficient (Wildman–Crippen LogP) is 1.66. The van der Waals surface area contributed by atoms with Crippen molar-refractivity contribution in [2.24, 2.45) is 0 Å². The molecule has 0 aliphatic carbocycles. The monoisotopic (exact) mass is 256 g/mol. The van der Waals surface area contributed by atoms with Crippen molar-refractivity contribution >= 4 is 23.4 Å². The molecule has 6 heteroatoms. The van der Waals surface area contributed by atoms with Crippen LogP contribution < -0.4 is 9.47 Å². The van der Waals surface area contributed by atoms with Crippen LogP contribution in [0.2, 0.25) is 5.02 Å². The van der Waals surface area contributed by atoms with Crippen molar-refractivity contribution in [3.63, 3.8) is 0 Å². The van der Waals surface area contributed by atoms with Crippen molar-refractivity contribution in [2.75, 3.05) is 6.79 Å². The van der Waals surface area contributed by atoms with E-state index >= 15 is 0 Å². The van der Waals surface area contributed by atoms with Gasteiger partial charge in [-0.25, -0.2) is 0 Å². The normalized spacial score (nSPS) is 12.5. The fraction of sp³-hybridized carbons (Fsp3) is 0.273. The highest BCUT2D eigenvalue weighted by atomic mass is 35.5. The fourth-order valence-corrected chi connectivity index (χ4v) is 1.76. The van der Waals surface area contributed by atoms with E-state index in [1.165, 1.54) is 0 Å². The second-order valence-electron chi connectivity index (χ2n) is 3.58. The summed E-state index contributed by atoms with van der Waals surface area (Å²) in [4.78, 5) is 21.7. The molecular formula is C11H9ClO5. The molecule has 0 unspecified atom stereocenters. The molecule has 0 saturated carbocycles. The summed E-state index contributed by atoms with van der Waals surface area (Å²) in [6.07, 6.45) is -0.535. The van der Waals surface area contributed by atoms with Gasteiger partial charge in [-0.1, -0.05) is 11.6 Å². The highest BCUT2D eigenvalue weighted by Gasteiger charge is 2.18. The highest BCUT2D eigenvalue weighted by molar-refractivity contribution is 6.31. The Bertz CT molecular complexity index is 483. The first-order valence-corrected chi connectivity index (χ1v) is 5.25. The number of carboxylic acid groups (broad SMARTS) is 1. The van der Waals surface area contributed by atoms with E-state index in [1.807, 2.05) is 0 Å². The Kier molecular flexibility index (Phi) is 3.19. The molecule has 0 amide bonds. The Labute approximate surface area is 102 Å². The Hall–Kier alpha value is -1.75. The predicted molar refractivity (Wildman–Crippen MR) is 58.5 cm³/mol. The van der Waals surface area contributed by atoms with Crippen LogP contribution in [0.5, 0.6) is 11.5 Å². The number of halogens is 1. The van der Waals surface area contributed by atoms with Gasteiger partial charge in [0, 0.05) is 17.5 Å². The van der Waals surface area contributed by atoms with E-state index in [2.05, 4.69) is 0 Å². The van der Waals surface area contributed by atoms with Crippen molar-refractivity contribution in [2.45, 2.75) is 12.8 Å². The SMILES string of the molecule is O=C(O)CC(=O)Cc1cc2c(cc1Cl)OCO2. The van der Waals surface area contributed by atoms with Gasteiger partial charge in [-0.2, -0.15) is 0 Å². The fourth-order valence-electron chi connectivity index (χ4n) is 1.54. The minimum absolute atomic E-state index is 0.0260. The van der Waals surface area contributed by atoms with Crippen molar-refractivity contribution in [3.05, 3.63) is 22.7 Å². The molecular weight excluding hydrogens is 248 g/mol. The van der Waals surface area contributed by atoms with Crippen LogP contribution in [0.1, 0.15) is 12.0 Å². The van der Waals surface area contributed by atoms with Gasteiger partial charge >= 0.3 is 5.97 Å². The van der Waals surface area contributed by atoms with Crippen LogP contribution in [0.4, 0.5) is 0 Å². The Morgan fingerprint density at radius 2 is 1.94 bits per heavy atom. The molecule has 0 bridgehead atoms. The van der Waals surface area contributed by atoms with E-state index in [-0.39, 0.29) is 13.2 Å². The number of carboxylic acids is 1. The molecule has 1 heterocycles. The smallest absolute Gasteiger partial charge is 0.310 e. The van der Waals surface area contributed by atoms with Crippen LogP contribution in [0.3, 0.4) is 0 Å². The molecule has 90 valence electrons. The van der Waals surface area contributed by atoms with Gasteiger partial charge < -0.3 is 14.6 Å². The van der Waals surface area contributed by atoms with Gasteiger partial charge in [-0.05, 0) is 11.6 Å². The summed E-state index contributed by atoms with van der Waals surface area (Å²) in [6, 6.07) is 3.16. The average Bonchev–Trinajstić information content (AvgIpc) is 2.63. The van der Waals surface area contributed by atoms with Crippen molar-refractivity contribution in [1.82, 2.24) is 0 Å². The van der Waals surface area contributed by atoms with Gasteiger partial charge in [-0.3, -0.25) is 9.59 Å². The summed E-state index contributed by atoms with van der Waals surface area (Å²) in [6.45, 7) is 0.123. The molecule has 1 aliphatic rings. The lowest BCUT2D eigenvalue weighted by Gasteiger charge is -2.04. The van der Waals surface area contributed by atoms with Crippen molar-refractivity contribution < 1.29 is 24.2 Å². The van der Waals surface area contributed by atoms with E-state index < -0.39 is 18.2 Å². The molecule has 1 aromatic rings. The molecule has 5 nitrogen and oxygen atoms in total. The number of hydrogen-bond donors (Lipinski definition) is 1. The van der Waals surface area contributed by atoms with Crippen LogP contribution in [-0.4, -0.2) is 23.7 Å². The number of ether oxygens (including phenoxy) is 2. The first kappa shape index (κ1) is 11.7. The molecule has 0 spiro atoms. The summed E-state index contributed by atoms with van der Waals surface area (Å²) in [5.41, 5.74) is 0.544. The number of hydrogen-bond acceptors (Lipinski definition) is 4. The maximum absolute atomic E-state index is 11.4. The third-order valence-corrected chi connectivity index (χ3v) is 2.63. The van der Waals surface area contributed by atoms with Gasteiger partial charge in [0.05, 0.1) is 0 Å². The van der Waals surface area contributed by atoms with E-state index in [1.54, 1.807) is 12.1 Å². The van der Waals surface area contributed by atoms with Crippen molar-refractivity contribution in [3.8, 4) is 11.5 Å². The second kappa shape index (κ2) is 4.63. The van der Waals surface area contributed by atoms with E-state index in [0.717, 1.165) is 0 Å². The molecule has 0 saturated heterocycles. The largest absolute Gasteiger partial charge is 0.481 e.